The Labute approximate surface area is 199 Å². The minimum absolute atomic E-state index is 0.269. The van der Waals surface area contributed by atoms with Gasteiger partial charge in [0.15, 0.2) is 0 Å². The number of rotatable bonds is 6. The predicted molar refractivity (Wildman–Crippen MR) is 133 cm³/mol. The number of carbonyl (C=O) groups excluding carboxylic acids is 2. The molecule has 3 aromatic rings. The van der Waals surface area contributed by atoms with E-state index >= 15 is 0 Å². The Morgan fingerprint density at radius 1 is 0.971 bits per heavy atom. The molecule has 6 nitrogen and oxygen atoms in total. The van der Waals surface area contributed by atoms with Gasteiger partial charge in [0.1, 0.15) is 5.75 Å². The van der Waals surface area contributed by atoms with E-state index in [1.807, 2.05) is 81.4 Å². The number of ether oxygens (including phenoxy) is 2. The number of para-hydroxylation sites is 1. The van der Waals surface area contributed by atoms with Crippen LogP contribution in [-0.4, -0.2) is 30.2 Å². The van der Waals surface area contributed by atoms with Crippen molar-refractivity contribution in [2.24, 2.45) is 0 Å². The SMILES string of the molecule is CCOc1ccc(N2C(=O)C(=Cc3cc(C)n(-c4ccccc4)c3C)C(C(=O)OC)=C2C)cc1. The number of amides is 1. The van der Waals surface area contributed by atoms with Gasteiger partial charge in [0.05, 0.1) is 24.9 Å². The predicted octanol–water partition coefficient (Wildman–Crippen LogP) is 5.37. The molecule has 1 aliphatic heterocycles. The maximum absolute atomic E-state index is 13.6. The molecule has 2 aromatic carbocycles. The van der Waals surface area contributed by atoms with Crippen LogP contribution in [0.1, 0.15) is 30.8 Å². The van der Waals surface area contributed by atoms with Gasteiger partial charge >= 0.3 is 5.97 Å². The van der Waals surface area contributed by atoms with Gasteiger partial charge in [-0.2, -0.15) is 0 Å². The van der Waals surface area contributed by atoms with Crippen LogP contribution in [0.5, 0.6) is 5.75 Å². The topological polar surface area (TPSA) is 60.8 Å². The van der Waals surface area contributed by atoms with E-state index in [1.165, 1.54) is 7.11 Å². The van der Waals surface area contributed by atoms with Gasteiger partial charge in [-0.25, -0.2) is 4.79 Å². The van der Waals surface area contributed by atoms with Crippen LogP contribution in [0.25, 0.3) is 11.8 Å². The largest absolute Gasteiger partial charge is 0.494 e. The van der Waals surface area contributed by atoms with E-state index in [9.17, 15) is 9.59 Å². The maximum Gasteiger partial charge on any atom is 0.340 e. The van der Waals surface area contributed by atoms with Crippen LogP contribution < -0.4 is 9.64 Å². The average Bonchev–Trinajstić information content (AvgIpc) is 3.26. The number of aromatic nitrogens is 1. The molecule has 0 saturated carbocycles. The summed E-state index contributed by atoms with van der Waals surface area (Å²) in [5.74, 6) is -0.0918. The molecule has 0 bridgehead atoms. The summed E-state index contributed by atoms with van der Waals surface area (Å²) in [6.45, 7) is 8.26. The summed E-state index contributed by atoms with van der Waals surface area (Å²) in [5.41, 5.74) is 5.69. The Morgan fingerprint density at radius 3 is 2.26 bits per heavy atom. The van der Waals surface area contributed by atoms with Crippen molar-refractivity contribution in [1.82, 2.24) is 4.57 Å². The van der Waals surface area contributed by atoms with E-state index in [-0.39, 0.29) is 11.5 Å². The lowest BCUT2D eigenvalue weighted by Crippen LogP contribution is -2.24. The van der Waals surface area contributed by atoms with Crippen molar-refractivity contribution in [3.05, 3.63) is 94.5 Å². The second-order valence-corrected chi connectivity index (χ2v) is 8.07. The molecule has 0 unspecified atom stereocenters. The van der Waals surface area contributed by atoms with E-state index < -0.39 is 5.97 Å². The summed E-state index contributed by atoms with van der Waals surface area (Å²) in [4.78, 5) is 27.9. The third kappa shape index (κ3) is 4.03. The number of methoxy groups -OCH3 is 1. The number of nitrogens with zero attached hydrogens (tertiary/aromatic N) is 2. The van der Waals surface area contributed by atoms with Crippen LogP contribution in [0.4, 0.5) is 5.69 Å². The number of carbonyl (C=O) groups is 2. The Hall–Kier alpha value is -4.06. The lowest BCUT2D eigenvalue weighted by atomic mass is 10.0. The lowest BCUT2D eigenvalue weighted by molar-refractivity contribution is -0.136. The molecule has 0 atom stereocenters. The second-order valence-electron chi connectivity index (χ2n) is 8.07. The van der Waals surface area contributed by atoms with Gasteiger partial charge in [0.2, 0.25) is 0 Å². The van der Waals surface area contributed by atoms with Crippen LogP contribution in [0, 0.1) is 13.8 Å². The summed E-state index contributed by atoms with van der Waals surface area (Å²) in [6, 6.07) is 19.3. The highest BCUT2D eigenvalue weighted by Crippen LogP contribution is 2.36. The molecule has 1 aliphatic rings. The first-order chi connectivity index (χ1) is 16.4. The van der Waals surface area contributed by atoms with Gasteiger partial charge < -0.3 is 14.0 Å². The second kappa shape index (κ2) is 9.43. The summed E-state index contributed by atoms with van der Waals surface area (Å²) in [6.07, 6.45) is 1.79. The Balaban J connectivity index is 1.80. The van der Waals surface area contributed by atoms with Crippen molar-refractivity contribution < 1.29 is 19.1 Å². The molecule has 1 aromatic heterocycles. The fourth-order valence-electron chi connectivity index (χ4n) is 4.41. The first-order valence-corrected chi connectivity index (χ1v) is 11.2. The zero-order valence-corrected chi connectivity index (χ0v) is 20.1. The summed E-state index contributed by atoms with van der Waals surface area (Å²) < 4.78 is 12.7. The van der Waals surface area contributed by atoms with Gasteiger partial charge in [-0.15, -0.1) is 0 Å². The number of hydrogen-bond donors (Lipinski definition) is 0. The van der Waals surface area contributed by atoms with Gasteiger partial charge in [-0.1, -0.05) is 18.2 Å². The molecular weight excluding hydrogens is 428 g/mol. The van der Waals surface area contributed by atoms with Gasteiger partial charge in [0.25, 0.3) is 5.91 Å². The molecule has 34 heavy (non-hydrogen) atoms. The molecule has 0 N–H and O–H groups in total. The van der Waals surface area contributed by atoms with Gasteiger partial charge in [0, 0.05) is 28.5 Å². The Bertz CT molecular complexity index is 1300. The molecule has 0 radical (unpaired) electrons. The number of hydrogen-bond acceptors (Lipinski definition) is 4. The zero-order chi connectivity index (χ0) is 24.4. The van der Waals surface area contributed by atoms with E-state index in [2.05, 4.69) is 4.57 Å². The van der Waals surface area contributed by atoms with Crippen LogP contribution in [0.3, 0.4) is 0 Å². The highest BCUT2D eigenvalue weighted by Gasteiger charge is 2.38. The van der Waals surface area contributed by atoms with Crippen molar-refractivity contribution in [2.45, 2.75) is 27.7 Å². The molecule has 1 amide bonds. The minimum Gasteiger partial charge on any atom is -0.494 e. The summed E-state index contributed by atoms with van der Waals surface area (Å²) in [5, 5.41) is 0. The van der Waals surface area contributed by atoms with Crippen LogP contribution in [-0.2, 0) is 14.3 Å². The summed E-state index contributed by atoms with van der Waals surface area (Å²) >= 11 is 0. The third-order valence-corrected chi connectivity index (χ3v) is 5.98. The number of esters is 1. The normalized spacial score (nSPS) is 14.8. The number of aryl methyl sites for hydroxylation is 1. The third-order valence-electron chi connectivity index (χ3n) is 5.98. The zero-order valence-electron chi connectivity index (χ0n) is 20.1. The number of anilines is 1. The van der Waals surface area contributed by atoms with Gasteiger partial charge in [-0.05, 0) is 81.8 Å². The van der Waals surface area contributed by atoms with Crippen LogP contribution >= 0.6 is 0 Å². The van der Waals surface area contributed by atoms with E-state index in [0.29, 0.717) is 23.6 Å². The first kappa shape index (κ1) is 23.1. The van der Waals surface area contributed by atoms with Crippen molar-refractivity contribution in [3.63, 3.8) is 0 Å². The highest BCUT2D eigenvalue weighted by atomic mass is 16.5. The molecule has 0 spiro atoms. The Kier molecular flexibility index (Phi) is 6.41. The first-order valence-electron chi connectivity index (χ1n) is 11.2. The average molecular weight is 457 g/mol. The molecule has 4 rings (SSSR count). The fraction of sp³-hybridized carbons (Fsp3) is 0.214. The quantitative estimate of drug-likeness (QED) is 0.370. The minimum atomic E-state index is -0.539. The molecule has 0 fully saturated rings. The van der Waals surface area contributed by atoms with Crippen molar-refractivity contribution in [2.75, 3.05) is 18.6 Å². The van der Waals surface area contributed by atoms with E-state index in [1.54, 1.807) is 17.9 Å². The molecular formula is C28H28N2O4. The monoisotopic (exact) mass is 456 g/mol. The van der Waals surface area contributed by atoms with Crippen LogP contribution in [0.15, 0.2) is 77.5 Å². The van der Waals surface area contributed by atoms with E-state index in [0.717, 1.165) is 28.4 Å². The number of allylic oxidation sites excluding steroid dienone is 1. The molecule has 6 heteroatoms. The lowest BCUT2D eigenvalue weighted by Gasteiger charge is -2.18. The smallest absolute Gasteiger partial charge is 0.340 e. The maximum atomic E-state index is 13.6. The van der Waals surface area contributed by atoms with Crippen molar-refractivity contribution in [1.29, 1.82) is 0 Å². The summed E-state index contributed by atoms with van der Waals surface area (Å²) in [7, 11) is 1.32. The van der Waals surface area contributed by atoms with Crippen molar-refractivity contribution in [3.8, 4) is 11.4 Å². The standard InChI is InChI=1S/C28H28N2O4/c1-6-34-24-14-12-23(13-15-24)30-20(4)26(28(32)33-5)25(27(30)31)17-21-16-18(2)29(19(21)3)22-10-8-7-9-11-22/h7-17H,6H2,1-5H3. The molecule has 174 valence electrons. The molecule has 2 heterocycles. The van der Waals surface area contributed by atoms with Crippen molar-refractivity contribution >= 4 is 23.6 Å². The number of benzene rings is 2. The highest BCUT2D eigenvalue weighted by molar-refractivity contribution is 6.23. The molecule has 0 saturated heterocycles. The van der Waals surface area contributed by atoms with Crippen LogP contribution in [0.2, 0.25) is 0 Å². The van der Waals surface area contributed by atoms with E-state index in [4.69, 9.17) is 9.47 Å². The van der Waals surface area contributed by atoms with Gasteiger partial charge in [-0.3, -0.25) is 9.69 Å². The fourth-order valence-corrected chi connectivity index (χ4v) is 4.41. The molecule has 0 aliphatic carbocycles. The Morgan fingerprint density at radius 2 is 1.65 bits per heavy atom.